The monoisotopic (exact) mass is 443 g/mol. The Labute approximate surface area is 184 Å². The van der Waals surface area contributed by atoms with Gasteiger partial charge in [0.1, 0.15) is 16.3 Å². The Bertz CT molecular complexity index is 1010. The summed E-state index contributed by atoms with van der Waals surface area (Å²) in [6.45, 7) is 3.78. The summed E-state index contributed by atoms with van der Waals surface area (Å²) in [5, 5.41) is 12.7. The molecule has 0 aliphatic heterocycles. The summed E-state index contributed by atoms with van der Waals surface area (Å²) in [5.41, 5.74) is 1.75. The molecule has 0 bridgehead atoms. The van der Waals surface area contributed by atoms with Crippen LogP contribution in [0.4, 0.5) is 5.00 Å². The topological polar surface area (TPSA) is 102 Å². The molecule has 0 saturated carbocycles. The number of anilines is 1. The summed E-state index contributed by atoms with van der Waals surface area (Å²) in [6, 6.07) is 7.28. The second-order valence-electron chi connectivity index (χ2n) is 7.17. The first-order chi connectivity index (χ1) is 14.9. The number of allylic oxidation sites excluding steroid dienone is 2. The molecule has 7 nitrogen and oxygen atoms in total. The molecule has 3 rings (SSSR count). The molecule has 0 saturated heterocycles. The van der Waals surface area contributed by atoms with Crippen LogP contribution in [0.3, 0.4) is 0 Å². The highest BCUT2D eigenvalue weighted by molar-refractivity contribution is 7.17. The summed E-state index contributed by atoms with van der Waals surface area (Å²) in [7, 11) is 1.58. The molecule has 1 amide bonds. The average molecular weight is 444 g/mol. The van der Waals surface area contributed by atoms with E-state index in [1.807, 2.05) is 25.1 Å². The van der Waals surface area contributed by atoms with Crippen LogP contribution in [-0.2, 0) is 14.3 Å². The molecule has 0 spiro atoms. The zero-order valence-corrected chi connectivity index (χ0v) is 18.5. The van der Waals surface area contributed by atoms with E-state index in [0.717, 1.165) is 10.4 Å². The number of hydrogen-bond acceptors (Lipinski definition) is 6. The molecule has 31 heavy (non-hydrogen) atoms. The molecular weight excluding hydrogens is 418 g/mol. The van der Waals surface area contributed by atoms with Gasteiger partial charge in [0.15, 0.2) is 0 Å². The molecule has 8 heteroatoms. The van der Waals surface area contributed by atoms with Gasteiger partial charge in [-0.05, 0) is 44.4 Å². The first-order valence-corrected chi connectivity index (χ1v) is 10.8. The zero-order chi connectivity index (χ0) is 22.5. The third-order valence-corrected chi connectivity index (χ3v) is 6.29. The molecular formula is C23H25NO6S. The van der Waals surface area contributed by atoms with Crippen LogP contribution in [0.5, 0.6) is 5.75 Å². The number of methoxy groups -OCH3 is 1. The highest BCUT2D eigenvalue weighted by Gasteiger charge is 2.35. The van der Waals surface area contributed by atoms with Crippen molar-refractivity contribution in [2.45, 2.75) is 26.7 Å². The number of nitrogens with one attached hydrogen (secondary N) is 1. The highest BCUT2D eigenvalue weighted by atomic mass is 32.1. The number of aliphatic carboxylic acids is 1. The molecule has 1 aromatic carbocycles. The summed E-state index contributed by atoms with van der Waals surface area (Å²) in [5.74, 6) is -2.76. The Morgan fingerprint density at radius 1 is 1.13 bits per heavy atom. The molecule has 1 aliphatic rings. The lowest BCUT2D eigenvalue weighted by molar-refractivity contribution is -0.146. The maximum Gasteiger partial charge on any atom is 0.341 e. The van der Waals surface area contributed by atoms with Crippen LogP contribution in [0.25, 0.3) is 11.1 Å². The number of carboxylic acids is 1. The van der Waals surface area contributed by atoms with Gasteiger partial charge in [0.2, 0.25) is 5.91 Å². The van der Waals surface area contributed by atoms with Crippen LogP contribution in [0, 0.1) is 18.8 Å². The number of esters is 1. The lowest BCUT2D eigenvalue weighted by Gasteiger charge is -2.24. The van der Waals surface area contributed by atoms with Gasteiger partial charge in [-0.3, -0.25) is 9.59 Å². The molecule has 1 aromatic heterocycles. The second-order valence-corrected chi connectivity index (χ2v) is 8.39. The van der Waals surface area contributed by atoms with E-state index in [1.165, 1.54) is 11.3 Å². The predicted molar refractivity (Wildman–Crippen MR) is 119 cm³/mol. The highest BCUT2D eigenvalue weighted by Crippen LogP contribution is 2.41. The van der Waals surface area contributed by atoms with Crippen LogP contribution < -0.4 is 10.1 Å². The molecule has 1 aliphatic carbocycles. The lowest BCUT2D eigenvalue weighted by Crippen LogP contribution is -2.34. The minimum Gasteiger partial charge on any atom is -0.497 e. The second kappa shape index (κ2) is 9.78. The molecule has 2 atom stereocenters. The number of amides is 1. The van der Waals surface area contributed by atoms with Crippen molar-refractivity contribution in [1.29, 1.82) is 0 Å². The Hall–Kier alpha value is -3.13. The number of aryl methyl sites for hydroxylation is 1. The van der Waals surface area contributed by atoms with Gasteiger partial charge in [-0.15, -0.1) is 11.3 Å². The van der Waals surface area contributed by atoms with E-state index in [1.54, 1.807) is 32.2 Å². The van der Waals surface area contributed by atoms with Crippen LogP contribution in [0.15, 0.2) is 36.4 Å². The summed E-state index contributed by atoms with van der Waals surface area (Å²) < 4.78 is 10.5. The van der Waals surface area contributed by atoms with Crippen LogP contribution in [0.2, 0.25) is 0 Å². The number of carbonyl (C=O) groups is 3. The average Bonchev–Trinajstić information content (AvgIpc) is 3.09. The van der Waals surface area contributed by atoms with Gasteiger partial charge in [-0.1, -0.05) is 24.3 Å². The lowest BCUT2D eigenvalue weighted by atomic mass is 9.82. The number of ether oxygens (including phenoxy) is 2. The third-order valence-electron chi connectivity index (χ3n) is 5.27. The Morgan fingerprint density at radius 3 is 2.35 bits per heavy atom. The van der Waals surface area contributed by atoms with Gasteiger partial charge in [0.25, 0.3) is 0 Å². The SMILES string of the molecule is CCOC(=O)c1c(NC(=O)[C@H]2CC=CC[C@H]2C(=O)O)sc(C)c1-c1ccc(OC)cc1. The largest absolute Gasteiger partial charge is 0.497 e. The summed E-state index contributed by atoms with van der Waals surface area (Å²) in [4.78, 5) is 38.2. The number of rotatable bonds is 7. The van der Waals surface area contributed by atoms with Crippen molar-refractivity contribution in [1.82, 2.24) is 0 Å². The fourth-order valence-corrected chi connectivity index (χ4v) is 4.78. The molecule has 164 valence electrons. The number of benzene rings is 1. The van der Waals surface area contributed by atoms with E-state index in [-0.39, 0.29) is 12.2 Å². The first-order valence-electron chi connectivity index (χ1n) is 10.0. The summed E-state index contributed by atoms with van der Waals surface area (Å²) in [6.07, 6.45) is 4.24. The standard InChI is InChI=1S/C23H25NO6S/c1-4-30-23(28)19-18(14-9-11-15(29-3)12-10-14)13(2)31-21(19)24-20(25)16-7-5-6-8-17(16)22(26)27/h5-6,9-12,16-17H,4,7-8H2,1-3H3,(H,24,25)(H,26,27)/t16-,17+/m0/s1. The first kappa shape index (κ1) is 22.6. The zero-order valence-electron chi connectivity index (χ0n) is 17.6. The van der Waals surface area contributed by atoms with Crippen LogP contribution in [0.1, 0.15) is 35.0 Å². The van der Waals surface area contributed by atoms with Gasteiger partial charge in [-0.2, -0.15) is 0 Å². The van der Waals surface area contributed by atoms with Crippen molar-refractivity contribution in [3.63, 3.8) is 0 Å². The Morgan fingerprint density at radius 2 is 1.77 bits per heavy atom. The molecule has 0 fully saturated rings. The number of carbonyl (C=O) groups excluding carboxylic acids is 2. The minimum absolute atomic E-state index is 0.192. The minimum atomic E-state index is -1.00. The normalized spacial score (nSPS) is 17.8. The number of thiophene rings is 1. The maximum atomic E-state index is 13.0. The Balaban J connectivity index is 1.99. The molecule has 0 radical (unpaired) electrons. The van der Waals surface area contributed by atoms with E-state index in [9.17, 15) is 19.5 Å². The fourth-order valence-electron chi connectivity index (χ4n) is 3.72. The van der Waals surface area contributed by atoms with Crippen molar-refractivity contribution in [2.75, 3.05) is 19.0 Å². The fraction of sp³-hybridized carbons (Fsp3) is 0.348. The van der Waals surface area contributed by atoms with E-state index in [4.69, 9.17) is 9.47 Å². The maximum absolute atomic E-state index is 13.0. The number of carboxylic acid groups (broad SMARTS) is 1. The smallest absolute Gasteiger partial charge is 0.341 e. The van der Waals surface area contributed by atoms with E-state index < -0.39 is 29.7 Å². The van der Waals surface area contributed by atoms with E-state index >= 15 is 0 Å². The third kappa shape index (κ3) is 4.80. The van der Waals surface area contributed by atoms with Gasteiger partial charge in [-0.25, -0.2) is 4.79 Å². The molecule has 1 heterocycles. The number of hydrogen-bond donors (Lipinski definition) is 2. The summed E-state index contributed by atoms with van der Waals surface area (Å²) >= 11 is 1.27. The van der Waals surface area contributed by atoms with Crippen molar-refractivity contribution in [3.05, 3.63) is 46.9 Å². The predicted octanol–water partition coefficient (Wildman–Crippen LogP) is 4.51. The van der Waals surface area contributed by atoms with Crippen molar-refractivity contribution >= 4 is 34.2 Å². The van der Waals surface area contributed by atoms with Crippen molar-refractivity contribution in [2.24, 2.45) is 11.8 Å². The van der Waals surface area contributed by atoms with Gasteiger partial charge in [0.05, 0.1) is 25.6 Å². The molecule has 0 unspecified atom stereocenters. The van der Waals surface area contributed by atoms with Gasteiger partial charge < -0.3 is 19.9 Å². The van der Waals surface area contributed by atoms with E-state index in [2.05, 4.69) is 5.32 Å². The van der Waals surface area contributed by atoms with Crippen molar-refractivity contribution in [3.8, 4) is 16.9 Å². The molecule has 2 N–H and O–H groups in total. The quantitative estimate of drug-likeness (QED) is 0.482. The van der Waals surface area contributed by atoms with Crippen LogP contribution >= 0.6 is 11.3 Å². The van der Waals surface area contributed by atoms with Crippen molar-refractivity contribution < 1.29 is 29.0 Å². The Kier molecular flexibility index (Phi) is 7.12. The van der Waals surface area contributed by atoms with Gasteiger partial charge >= 0.3 is 11.9 Å². The van der Waals surface area contributed by atoms with Crippen LogP contribution in [-0.4, -0.2) is 36.7 Å². The van der Waals surface area contributed by atoms with E-state index in [0.29, 0.717) is 29.2 Å². The van der Waals surface area contributed by atoms with Gasteiger partial charge in [0, 0.05) is 10.4 Å². The molecule has 2 aromatic rings.